The molecule has 0 fully saturated rings. The SMILES string of the molecule is COc1ccc(C(=O)COC(=O)c2ccc(C)c(C)c2)c(OC)c1. The molecule has 0 atom stereocenters. The Bertz CT molecular complexity index is 764. The van der Waals surface area contributed by atoms with Gasteiger partial charge in [-0.3, -0.25) is 4.79 Å². The molecule has 0 saturated carbocycles. The van der Waals surface area contributed by atoms with E-state index in [2.05, 4.69) is 0 Å². The maximum absolute atomic E-state index is 12.3. The average Bonchev–Trinajstić information content (AvgIpc) is 2.60. The number of rotatable bonds is 6. The van der Waals surface area contributed by atoms with Crippen molar-refractivity contribution in [1.29, 1.82) is 0 Å². The lowest BCUT2D eigenvalue weighted by molar-refractivity contribution is 0.0474. The fourth-order valence-corrected chi connectivity index (χ4v) is 2.19. The molecular weight excluding hydrogens is 308 g/mol. The highest BCUT2D eigenvalue weighted by Gasteiger charge is 2.16. The van der Waals surface area contributed by atoms with Crippen LogP contribution in [0.15, 0.2) is 36.4 Å². The predicted octanol–water partition coefficient (Wildman–Crippen LogP) is 3.36. The van der Waals surface area contributed by atoms with Gasteiger partial charge in [-0.25, -0.2) is 4.79 Å². The van der Waals surface area contributed by atoms with E-state index in [-0.39, 0.29) is 12.4 Å². The van der Waals surface area contributed by atoms with Gasteiger partial charge >= 0.3 is 5.97 Å². The molecular formula is C19H20O5. The maximum Gasteiger partial charge on any atom is 0.338 e. The van der Waals surface area contributed by atoms with Gasteiger partial charge < -0.3 is 14.2 Å². The van der Waals surface area contributed by atoms with Crippen LogP contribution in [0, 0.1) is 13.8 Å². The Hall–Kier alpha value is -2.82. The molecule has 5 heteroatoms. The molecule has 0 amide bonds. The van der Waals surface area contributed by atoms with Crippen molar-refractivity contribution >= 4 is 11.8 Å². The minimum absolute atomic E-state index is 0.339. The highest BCUT2D eigenvalue weighted by atomic mass is 16.5. The molecule has 2 rings (SSSR count). The molecule has 0 spiro atoms. The van der Waals surface area contributed by atoms with Crippen LogP contribution in [0.3, 0.4) is 0 Å². The van der Waals surface area contributed by atoms with Crippen LogP contribution in [0.25, 0.3) is 0 Å². The summed E-state index contributed by atoms with van der Waals surface area (Å²) < 4.78 is 15.4. The van der Waals surface area contributed by atoms with Crippen molar-refractivity contribution in [1.82, 2.24) is 0 Å². The zero-order chi connectivity index (χ0) is 17.7. The maximum atomic E-state index is 12.3. The lowest BCUT2D eigenvalue weighted by Crippen LogP contribution is -2.15. The van der Waals surface area contributed by atoms with Crippen molar-refractivity contribution in [2.45, 2.75) is 13.8 Å². The number of Topliss-reactive ketones (excluding diaryl/α,β-unsaturated/α-hetero) is 1. The van der Waals surface area contributed by atoms with Crippen LogP contribution < -0.4 is 9.47 Å². The molecule has 0 radical (unpaired) electrons. The Morgan fingerprint density at radius 3 is 2.29 bits per heavy atom. The number of ketones is 1. The first kappa shape index (κ1) is 17.5. The molecule has 0 heterocycles. The number of carbonyl (C=O) groups excluding carboxylic acids is 2. The smallest absolute Gasteiger partial charge is 0.338 e. The van der Waals surface area contributed by atoms with Crippen molar-refractivity contribution in [2.75, 3.05) is 20.8 Å². The summed E-state index contributed by atoms with van der Waals surface area (Å²) in [7, 11) is 2.99. The number of esters is 1. The molecule has 2 aromatic rings. The van der Waals surface area contributed by atoms with Gasteiger partial charge in [-0.1, -0.05) is 6.07 Å². The summed E-state index contributed by atoms with van der Waals surface area (Å²) in [4.78, 5) is 24.4. The molecule has 2 aromatic carbocycles. The highest BCUT2D eigenvalue weighted by Crippen LogP contribution is 2.25. The molecule has 0 N–H and O–H groups in total. The fourth-order valence-electron chi connectivity index (χ4n) is 2.19. The van der Waals surface area contributed by atoms with E-state index in [0.717, 1.165) is 11.1 Å². The minimum atomic E-state index is -0.529. The first-order valence-corrected chi connectivity index (χ1v) is 7.46. The van der Waals surface area contributed by atoms with Gasteiger partial charge in [0.1, 0.15) is 11.5 Å². The Kier molecular flexibility index (Phi) is 5.58. The Morgan fingerprint density at radius 1 is 0.917 bits per heavy atom. The minimum Gasteiger partial charge on any atom is -0.497 e. The van der Waals surface area contributed by atoms with Crippen LogP contribution in [-0.4, -0.2) is 32.6 Å². The molecule has 0 aliphatic heterocycles. The number of ether oxygens (including phenoxy) is 3. The van der Waals surface area contributed by atoms with Crippen molar-refractivity contribution < 1.29 is 23.8 Å². The van der Waals surface area contributed by atoms with Gasteiger partial charge in [0, 0.05) is 6.07 Å². The van der Waals surface area contributed by atoms with Gasteiger partial charge in [0.2, 0.25) is 5.78 Å². The van der Waals surface area contributed by atoms with Gasteiger partial charge in [-0.05, 0) is 49.2 Å². The summed E-state index contributed by atoms with van der Waals surface area (Å²) in [6.45, 7) is 3.53. The first-order chi connectivity index (χ1) is 11.5. The number of methoxy groups -OCH3 is 2. The molecule has 0 bridgehead atoms. The number of benzene rings is 2. The first-order valence-electron chi connectivity index (χ1n) is 7.46. The van der Waals surface area contributed by atoms with Gasteiger partial charge in [0.05, 0.1) is 25.3 Å². The number of carbonyl (C=O) groups is 2. The lowest BCUT2D eigenvalue weighted by atomic mass is 10.1. The second-order valence-electron chi connectivity index (χ2n) is 5.36. The van der Waals surface area contributed by atoms with Crippen molar-refractivity contribution in [2.24, 2.45) is 0 Å². The van der Waals surface area contributed by atoms with E-state index in [9.17, 15) is 9.59 Å². The van der Waals surface area contributed by atoms with Gasteiger partial charge in [-0.2, -0.15) is 0 Å². The normalized spacial score (nSPS) is 10.2. The van der Waals surface area contributed by atoms with Crippen molar-refractivity contribution in [3.63, 3.8) is 0 Å². The van der Waals surface area contributed by atoms with Crippen LogP contribution >= 0.6 is 0 Å². The number of hydrogen-bond donors (Lipinski definition) is 0. The summed E-state index contributed by atoms with van der Waals surface area (Å²) in [5, 5.41) is 0. The average molecular weight is 328 g/mol. The number of hydrogen-bond acceptors (Lipinski definition) is 5. The molecule has 126 valence electrons. The third-order valence-corrected chi connectivity index (χ3v) is 3.79. The molecule has 0 unspecified atom stereocenters. The third kappa shape index (κ3) is 3.93. The molecule has 0 saturated heterocycles. The summed E-state index contributed by atoms with van der Waals surface area (Å²) >= 11 is 0. The summed E-state index contributed by atoms with van der Waals surface area (Å²) in [6.07, 6.45) is 0. The largest absolute Gasteiger partial charge is 0.497 e. The summed E-state index contributed by atoms with van der Waals surface area (Å²) in [5.41, 5.74) is 2.84. The second kappa shape index (κ2) is 7.64. The Labute approximate surface area is 141 Å². The van der Waals surface area contributed by atoms with E-state index in [1.54, 1.807) is 30.3 Å². The zero-order valence-corrected chi connectivity index (χ0v) is 14.2. The van der Waals surface area contributed by atoms with E-state index in [1.807, 2.05) is 19.9 Å². The van der Waals surface area contributed by atoms with E-state index in [0.29, 0.717) is 22.6 Å². The van der Waals surface area contributed by atoms with Crippen molar-refractivity contribution in [3.8, 4) is 11.5 Å². The standard InChI is InChI=1S/C19H20O5/c1-12-5-6-14(9-13(12)2)19(21)24-11-17(20)16-8-7-15(22-3)10-18(16)23-4/h5-10H,11H2,1-4H3. The van der Waals surface area contributed by atoms with Crippen molar-refractivity contribution in [3.05, 3.63) is 58.7 Å². The van der Waals surface area contributed by atoms with Gasteiger partial charge in [0.25, 0.3) is 0 Å². The van der Waals surface area contributed by atoms with Crippen LogP contribution in [0.5, 0.6) is 11.5 Å². The monoisotopic (exact) mass is 328 g/mol. The summed E-state index contributed by atoms with van der Waals surface area (Å²) in [6, 6.07) is 10.1. The van der Waals surface area contributed by atoms with Crippen LogP contribution in [0.2, 0.25) is 0 Å². The molecule has 0 aromatic heterocycles. The summed E-state index contributed by atoms with van der Waals surface area (Å²) in [5.74, 6) is 0.0859. The highest BCUT2D eigenvalue weighted by molar-refractivity contribution is 6.01. The van der Waals surface area contributed by atoms with Gasteiger partial charge in [-0.15, -0.1) is 0 Å². The predicted molar refractivity (Wildman–Crippen MR) is 90.1 cm³/mol. The quantitative estimate of drug-likeness (QED) is 0.601. The second-order valence-corrected chi connectivity index (χ2v) is 5.36. The third-order valence-electron chi connectivity index (χ3n) is 3.79. The van der Waals surface area contributed by atoms with Crippen LogP contribution in [-0.2, 0) is 4.74 Å². The fraction of sp³-hybridized carbons (Fsp3) is 0.263. The Morgan fingerprint density at radius 2 is 1.67 bits per heavy atom. The molecule has 24 heavy (non-hydrogen) atoms. The molecule has 0 aliphatic rings. The zero-order valence-electron chi connectivity index (χ0n) is 14.2. The molecule has 5 nitrogen and oxygen atoms in total. The van der Waals surface area contributed by atoms with Gasteiger partial charge in [0.15, 0.2) is 6.61 Å². The Balaban J connectivity index is 2.07. The van der Waals surface area contributed by atoms with Crippen LogP contribution in [0.4, 0.5) is 0 Å². The number of aryl methyl sites for hydroxylation is 2. The van der Waals surface area contributed by atoms with Crippen LogP contribution in [0.1, 0.15) is 31.8 Å². The van der Waals surface area contributed by atoms with E-state index in [1.165, 1.54) is 14.2 Å². The van der Waals surface area contributed by atoms with E-state index >= 15 is 0 Å². The topological polar surface area (TPSA) is 61.8 Å². The lowest BCUT2D eigenvalue weighted by Gasteiger charge is -2.10. The van der Waals surface area contributed by atoms with E-state index in [4.69, 9.17) is 14.2 Å². The van der Waals surface area contributed by atoms with E-state index < -0.39 is 5.97 Å². The molecule has 0 aliphatic carbocycles.